The molecule has 1 aromatic rings. The van der Waals surface area contributed by atoms with Crippen molar-refractivity contribution in [3.05, 3.63) is 33.9 Å². The first-order valence-corrected chi connectivity index (χ1v) is 8.82. The summed E-state index contributed by atoms with van der Waals surface area (Å²) in [5.41, 5.74) is 1.08. The predicted molar refractivity (Wildman–Crippen MR) is 82.1 cm³/mol. The molecule has 2 rings (SSSR count). The lowest BCUT2D eigenvalue weighted by Crippen LogP contribution is -2.31. The Kier molecular flexibility index (Phi) is 5.46. The topological polar surface area (TPSA) is 84.7 Å². The fraction of sp³-hybridized carbons (Fsp3) is 0.455. The third-order valence-electron chi connectivity index (χ3n) is 3.02. The van der Waals surface area contributed by atoms with Gasteiger partial charge >= 0.3 is 7.67 Å². The highest BCUT2D eigenvalue weighted by atomic mass is 35.5. The Bertz CT molecular complexity index is 581. The van der Waals surface area contributed by atoms with Crippen LogP contribution in [-0.4, -0.2) is 34.4 Å². The van der Waals surface area contributed by atoms with Crippen LogP contribution in [0.25, 0.3) is 0 Å². The van der Waals surface area contributed by atoms with Crippen LogP contribution in [0.3, 0.4) is 0 Å². The van der Waals surface area contributed by atoms with E-state index in [1.165, 1.54) is 16.8 Å². The Morgan fingerprint density at radius 3 is 2.62 bits per heavy atom. The molecule has 116 valence electrons. The monoisotopic (exact) mass is 353 g/mol. The minimum absolute atomic E-state index is 0.0732. The van der Waals surface area contributed by atoms with Gasteiger partial charge < -0.3 is 5.09 Å². The molecule has 0 spiro atoms. The second-order valence-corrected chi connectivity index (χ2v) is 7.18. The van der Waals surface area contributed by atoms with Crippen LogP contribution in [0.2, 0.25) is 0 Å². The minimum Gasteiger partial charge on any atom is -0.302 e. The third kappa shape index (κ3) is 3.67. The lowest BCUT2D eigenvalue weighted by atomic mass is 10.2. The number of nitrogens with one attached hydrogen (secondary N) is 1. The summed E-state index contributed by atoms with van der Waals surface area (Å²) in [6.07, 6.45) is 0. The molecule has 0 amide bonds. The van der Waals surface area contributed by atoms with Crippen molar-refractivity contribution in [1.29, 1.82) is 0 Å². The molecule has 1 aliphatic rings. The molecule has 0 radical (unpaired) electrons. The van der Waals surface area contributed by atoms with Gasteiger partial charge in [-0.15, -0.1) is 23.2 Å². The molecule has 1 unspecified atom stereocenters. The lowest BCUT2D eigenvalue weighted by molar-refractivity contribution is -0.384. The number of hydrogen-bond donors (Lipinski definition) is 1. The van der Waals surface area contributed by atoms with Gasteiger partial charge in [0.1, 0.15) is 0 Å². The van der Waals surface area contributed by atoms with Crippen molar-refractivity contribution < 1.29 is 14.0 Å². The van der Waals surface area contributed by atoms with Crippen molar-refractivity contribution in [2.75, 3.05) is 29.9 Å². The average molecular weight is 354 g/mol. The molecule has 1 heterocycles. The first kappa shape index (κ1) is 16.5. The fourth-order valence-electron chi connectivity index (χ4n) is 1.97. The first-order valence-electron chi connectivity index (χ1n) is 6.17. The van der Waals surface area contributed by atoms with Gasteiger partial charge in [-0.25, -0.2) is 9.24 Å². The lowest BCUT2D eigenvalue weighted by Gasteiger charge is -2.34. The van der Waals surface area contributed by atoms with Crippen molar-refractivity contribution in [3.8, 4) is 0 Å². The molecular weight excluding hydrogens is 340 g/mol. The maximum Gasteiger partial charge on any atom is 0.369 e. The van der Waals surface area contributed by atoms with Gasteiger partial charge in [0.2, 0.25) is 0 Å². The number of halogens is 2. The van der Waals surface area contributed by atoms with Crippen LogP contribution in [0.4, 0.5) is 11.4 Å². The van der Waals surface area contributed by atoms with Gasteiger partial charge in [-0.3, -0.25) is 14.6 Å². The zero-order valence-corrected chi connectivity index (χ0v) is 13.4. The van der Waals surface area contributed by atoms with Gasteiger partial charge in [0, 0.05) is 42.5 Å². The van der Waals surface area contributed by atoms with Gasteiger partial charge in [0.05, 0.1) is 17.2 Å². The number of hydrogen-bond acceptors (Lipinski definition) is 4. The zero-order valence-electron chi connectivity index (χ0n) is 11.0. The van der Waals surface area contributed by atoms with E-state index >= 15 is 0 Å². The Balaban J connectivity index is 2.29. The van der Waals surface area contributed by atoms with Crippen LogP contribution in [0, 0.1) is 10.1 Å². The quantitative estimate of drug-likeness (QED) is 0.365. The number of nitrogens with zero attached hydrogens (tertiary/aromatic N) is 2. The number of nitro benzene ring substituents is 1. The number of non-ortho nitro benzene ring substituents is 1. The molecule has 21 heavy (non-hydrogen) atoms. The maximum absolute atomic E-state index is 12.9. The van der Waals surface area contributed by atoms with Crippen molar-refractivity contribution in [1.82, 2.24) is 4.67 Å². The maximum atomic E-state index is 12.9. The number of nitro groups is 1. The second kappa shape index (κ2) is 6.94. The van der Waals surface area contributed by atoms with E-state index in [0.717, 1.165) is 0 Å². The van der Waals surface area contributed by atoms with Crippen LogP contribution in [0.1, 0.15) is 5.56 Å². The third-order valence-corrected chi connectivity index (χ3v) is 5.50. The molecule has 7 nitrogen and oxygen atoms in total. The Morgan fingerprint density at radius 1 is 1.38 bits per heavy atom. The molecule has 0 aliphatic carbocycles. The predicted octanol–water partition coefficient (Wildman–Crippen LogP) is 3.42. The molecule has 1 N–H and O–H groups in total. The molecule has 0 bridgehead atoms. The summed E-state index contributed by atoms with van der Waals surface area (Å²) < 4.78 is 19.8. The average Bonchev–Trinajstić information content (AvgIpc) is 2.46. The van der Waals surface area contributed by atoms with Crippen LogP contribution >= 0.6 is 30.9 Å². The molecule has 10 heteroatoms. The normalized spacial score (nSPS) is 20.9. The summed E-state index contributed by atoms with van der Waals surface area (Å²) in [5.74, 6) is 0.543. The molecule has 0 aromatic heterocycles. The van der Waals surface area contributed by atoms with E-state index in [1.807, 2.05) is 0 Å². The minimum atomic E-state index is -3.35. The summed E-state index contributed by atoms with van der Waals surface area (Å²) >= 11 is 11.4. The van der Waals surface area contributed by atoms with Gasteiger partial charge in [-0.1, -0.05) is 0 Å². The smallest absolute Gasteiger partial charge is 0.302 e. The van der Waals surface area contributed by atoms with E-state index in [-0.39, 0.29) is 24.1 Å². The molecule has 0 saturated carbocycles. The zero-order chi connectivity index (χ0) is 15.5. The van der Waals surface area contributed by atoms with E-state index in [4.69, 9.17) is 27.7 Å². The van der Waals surface area contributed by atoms with E-state index < -0.39 is 12.6 Å². The van der Waals surface area contributed by atoms with E-state index in [1.54, 1.807) is 6.07 Å². The number of alkyl halides is 2. The molecule has 0 fully saturated rings. The van der Waals surface area contributed by atoms with Gasteiger partial charge in [0.25, 0.3) is 5.69 Å². The van der Waals surface area contributed by atoms with Crippen molar-refractivity contribution >= 4 is 42.2 Å². The Morgan fingerprint density at radius 2 is 2.05 bits per heavy atom. The largest absolute Gasteiger partial charge is 0.369 e. The Labute approximate surface area is 131 Å². The second-order valence-electron chi connectivity index (χ2n) is 4.34. The molecule has 1 aromatic carbocycles. The summed E-state index contributed by atoms with van der Waals surface area (Å²) in [6.45, 7) is 0.782. The summed E-state index contributed by atoms with van der Waals surface area (Å²) in [5, 5.41) is 13.6. The van der Waals surface area contributed by atoms with Crippen molar-refractivity contribution in [2.45, 2.75) is 6.61 Å². The van der Waals surface area contributed by atoms with Crippen LogP contribution < -0.4 is 5.09 Å². The van der Waals surface area contributed by atoms with Gasteiger partial charge in [-0.05, 0) is 6.07 Å². The highest BCUT2D eigenvalue weighted by Gasteiger charge is 2.36. The summed E-state index contributed by atoms with van der Waals surface area (Å²) in [7, 11) is -3.35. The van der Waals surface area contributed by atoms with Crippen molar-refractivity contribution in [3.63, 3.8) is 0 Å². The van der Waals surface area contributed by atoms with E-state index in [9.17, 15) is 14.7 Å². The highest BCUT2D eigenvalue weighted by molar-refractivity contribution is 7.58. The highest BCUT2D eigenvalue weighted by Crippen LogP contribution is 2.54. The van der Waals surface area contributed by atoms with E-state index in [2.05, 4.69) is 5.09 Å². The number of benzene rings is 1. The number of rotatable bonds is 6. The molecule has 1 atom stereocenters. The standard InChI is InChI=1S/C11H14Cl2N3O4P/c12-3-5-15(6-4-13)21(19)14-11-7-10(16(17)18)2-1-9(11)8-20-21/h1-2,7H,3-6,8H2,(H,14,19). The molecule has 0 saturated heterocycles. The fourth-order valence-corrected chi connectivity index (χ4v) is 4.54. The summed E-state index contributed by atoms with van der Waals surface area (Å²) in [4.78, 5) is 10.3. The number of fused-ring (bicyclic) bond motifs is 1. The van der Waals surface area contributed by atoms with Crippen LogP contribution in [0.15, 0.2) is 18.2 Å². The number of anilines is 1. The summed E-state index contributed by atoms with van der Waals surface area (Å²) in [6, 6.07) is 4.32. The molecule has 1 aliphatic heterocycles. The van der Waals surface area contributed by atoms with Crippen LogP contribution in [-0.2, 0) is 15.7 Å². The van der Waals surface area contributed by atoms with Crippen molar-refractivity contribution in [2.24, 2.45) is 0 Å². The van der Waals surface area contributed by atoms with Crippen LogP contribution in [0.5, 0.6) is 0 Å². The molecular formula is C11H14Cl2N3O4P. The van der Waals surface area contributed by atoms with Gasteiger partial charge in [0.15, 0.2) is 0 Å². The van der Waals surface area contributed by atoms with Gasteiger partial charge in [-0.2, -0.15) is 0 Å². The van der Waals surface area contributed by atoms with E-state index in [0.29, 0.717) is 24.3 Å². The first-order chi connectivity index (χ1) is 10.00. The SMILES string of the molecule is O=[N+]([O-])c1ccc2c(c1)NP(=O)(N(CCCl)CCCl)OC2. The Hall–Kier alpha value is -0.850.